The highest BCUT2D eigenvalue weighted by Crippen LogP contribution is 2.31. The van der Waals surface area contributed by atoms with Gasteiger partial charge in [-0.25, -0.2) is 0 Å². The molecule has 2 heterocycles. The van der Waals surface area contributed by atoms with Gasteiger partial charge in [0.2, 0.25) is 0 Å². The summed E-state index contributed by atoms with van der Waals surface area (Å²) in [6.45, 7) is 0.413. The van der Waals surface area contributed by atoms with Gasteiger partial charge in [0.15, 0.2) is 12.4 Å². The third-order valence-electron chi connectivity index (χ3n) is 3.11. The first-order valence-corrected chi connectivity index (χ1v) is 5.84. The first-order chi connectivity index (χ1) is 8.33. The lowest BCUT2D eigenvalue weighted by Crippen LogP contribution is -2.46. The highest BCUT2D eigenvalue weighted by molar-refractivity contribution is 5.70. The SMILES string of the molecule is O=C1CC[C@@H]2O[C@H](c3ccccc3)OC[C@H]2O1. The Morgan fingerprint density at radius 3 is 2.76 bits per heavy atom. The molecule has 4 nitrogen and oxygen atoms in total. The van der Waals surface area contributed by atoms with E-state index in [9.17, 15) is 4.79 Å². The van der Waals surface area contributed by atoms with Crippen molar-refractivity contribution in [1.82, 2.24) is 0 Å². The maximum absolute atomic E-state index is 11.1. The van der Waals surface area contributed by atoms with E-state index in [1.165, 1.54) is 0 Å². The van der Waals surface area contributed by atoms with Crippen molar-refractivity contribution >= 4 is 5.97 Å². The van der Waals surface area contributed by atoms with Crippen molar-refractivity contribution in [3.05, 3.63) is 35.9 Å². The van der Waals surface area contributed by atoms with Crippen LogP contribution in [0.3, 0.4) is 0 Å². The van der Waals surface area contributed by atoms with Gasteiger partial charge in [-0.15, -0.1) is 0 Å². The minimum Gasteiger partial charge on any atom is -0.457 e. The Hall–Kier alpha value is -1.39. The van der Waals surface area contributed by atoms with Crippen molar-refractivity contribution in [3.8, 4) is 0 Å². The molecule has 0 unspecified atom stereocenters. The Balaban J connectivity index is 1.70. The number of hydrogen-bond donors (Lipinski definition) is 0. The smallest absolute Gasteiger partial charge is 0.306 e. The monoisotopic (exact) mass is 234 g/mol. The van der Waals surface area contributed by atoms with E-state index in [0.717, 1.165) is 12.0 Å². The first-order valence-electron chi connectivity index (χ1n) is 5.84. The third-order valence-corrected chi connectivity index (χ3v) is 3.11. The fraction of sp³-hybridized carbons (Fsp3) is 0.462. The molecule has 2 aliphatic rings. The molecule has 0 bridgehead atoms. The van der Waals surface area contributed by atoms with Crippen LogP contribution in [0.15, 0.2) is 30.3 Å². The molecule has 0 radical (unpaired) electrons. The van der Waals surface area contributed by atoms with Crippen molar-refractivity contribution in [2.45, 2.75) is 31.3 Å². The van der Waals surface area contributed by atoms with E-state index in [4.69, 9.17) is 14.2 Å². The second kappa shape index (κ2) is 4.47. The highest BCUT2D eigenvalue weighted by atomic mass is 16.7. The van der Waals surface area contributed by atoms with Crippen LogP contribution in [0.2, 0.25) is 0 Å². The summed E-state index contributed by atoms with van der Waals surface area (Å²) in [5, 5.41) is 0. The molecular weight excluding hydrogens is 220 g/mol. The van der Waals surface area contributed by atoms with E-state index >= 15 is 0 Å². The van der Waals surface area contributed by atoms with Gasteiger partial charge in [-0.05, 0) is 6.42 Å². The van der Waals surface area contributed by atoms with E-state index < -0.39 is 0 Å². The molecule has 0 spiro atoms. The second-order valence-corrected chi connectivity index (χ2v) is 4.32. The Labute approximate surface area is 99.5 Å². The van der Waals surface area contributed by atoms with Gasteiger partial charge in [-0.3, -0.25) is 4.79 Å². The molecule has 1 aromatic rings. The van der Waals surface area contributed by atoms with E-state index in [2.05, 4.69) is 0 Å². The van der Waals surface area contributed by atoms with Crippen LogP contribution in [-0.2, 0) is 19.0 Å². The maximum atomic E-state index is 11.1. The molecule has 0 aliphatic carbocycles. The molecule has 3 atom stereocenters. The Kier molecular flexibility index (Phi) is 2.82. The predicted molar refractivity (Wildman–Crippen MR) is 59.1 cm³/mol. The Morgan fingerprint density at radius 2 is 1.94 bits per heavy atom. The van der Waals surface area contributed by atoms with E-state index in [1.807, 2.05) is 30.3 Å². The van der Waals surface area contributed by atoms with Crippen molar-refractivity contribution in [2.75, 3.05) is 6.61 Å². The summed E-state index contributed by atoms with van der Waals surface area (Å²) in [4.78, 5) is 11.1. The largest absolute Gasteiger partial charge is 0.457 e. The molecule has 0 amide bonds. The number of carbonyl (C=O) groups excluding carboxylic acids is 1. The zero-order valence-electron chi connectivity index (χ0n) is 9.37. The summed E-state index contributed by atoms with van der Waals surface area (Å²) in [5.74, 6) is -0.156. The minimum atomic E-state index is -0.339. The predicted octanol–water partition coefficient (Wildman–Crippen LogP) is 1.81. The molecule has 0 N–H and O–H groups in total. The summed E-state index contributed by atoms with van der Waals surface area (Å²) in [5.41, 5.74) is 1.00. The van der Waals surface area contributed by atoms with Gasteiger partial charge < -0.3 is 14.2 Å². The topological polar surface area (TPSA) is 44.8 Å². The average Bonchev–Trinajstić information content (AvgIpc) is 2.39. The van der Waals surface area contributed by atoms with Crippen LogP contribution in [0.25, 0.3) is 0 Å². The molecule has 2 saturated heterocycles. The van der Waals surface area contributed by atoms with Crippen LogP contribution < -0.4 is 0 Å². The summed E-state index contributed by atoms with van der Waals surface area (Å²) in [6, 6.07) is 9.81. The van der Waals surface area contributed by atoms with Gasteiger partial charge in [-0.2, -0.15) is 0 Å². The summed E-state index contributed by atoms with van der Waals surface area (Å²) in [7, 11) is 0. The lowest BCUT2D eigenvalue weighted by molar-refractivity contribution is -0.271. The molecule has 1 aromatic carbocycles. The molecule has 4 heteroatoms. The molecule has 2 aliphatic heterocycles. The second-order valence-electron chi connectivity index (χ2n) is 4.32. The molecular formula is C13H14O4. The van der Waals surface area contributed by atoms with Gasteiger partial charge in [-0.1, -0.05) is 30.3 Å². The van der Waals surface area contributed by atoms with Crippen molar-refractivity contribution < 1.29 is 19.0 Å². The van der Waals surface area contributed by atoms with Gasteiger partial charge in [0.25, 0.3) is 0 Å². The maximum Gasteiger partial charge on any atom is 0.306 e. The van der Waals surface area contributed by atoms with E-state index in [-0.39, 0.29) is 24.5 Å². The molecule has 0 saturated carbocycles. The van der Waals surface area contributed by atoms with Crippen molar-refractivity contribution in [2.24, 2.45) is 0 Å². The van der Waals surface area contributed by atoms with Gasteiger partial charge in [0, 0.05) is 12.0 Å². The standard InChI is InChI=1S/C13H14O4/c14-12-7-6-10-11(16-12)8-15-13(17-10)9-4-2-1-3-5-9/h1-5,10-11,13H,6-8H2/t10-,11+,13+/m0/s1. The van der Waals surface area contributed by atoms with E-state index in [0.29, 0.717) is 13.0 Å². The average molecular weight is 234 g/mol. The van der Waals surface area contributed by atoms with Crippen molar-refractivity contribution in [1.29, 1.82) is 0 Å². The number of benzene rings is 1. The van der Waals surface area contributed by atoms with Crippen LogP contribution >= 0.6 is 0 Å². The zero-order chi connectivity index (χ0) is 11.7. The lowest BCUT2D eigenvalue weighted by atomic mass is 10.0. The summed E-state index contributed by atoms with van der Waals surface area (Å²) >= 11 is 0. The number of carbonyl (C=O) groups is 1. The number of hydrogen-bond acceptors (Lipinski definition) is 4. The van der Waals surface area contributed by atoms with Gasteiger partial charge in [0.05, 0.1) is 6.61 Å². The van der Waals surface area contributed by atoms with Crippen LogP contribution in [0.5, 0.6) is 0 Å². The fourth-order valence-corrected chi connectivity index (χ4v) is 2.21. The molecule has 3 rings (SSSR count). The molecule has 90 valence electrons. The number of esters is 1. The minimum absolute atomic E-state index is 0.0355. The lowest BCUT2D eigenvalue weighted by Gasteiger charge is -2.38. The first kappa shape index (κ1) is 10.7. The van der Waals surface area contributed by atoms with Crippen molar-refractivity contribution in [3.63, 3.8) is 0 Å². The van der Waals surface area contributed by atoms with Crippen LogP contribution in [-0.4, -0.2) is 24.8 Å². The van der Waals surface area contributed by atoms with Gasteiger partial charge in [0.1, 0.15) is 6.10 Å². The number of ether oxygens (including phenoxy) is 3. The summed E-state index contributed by atoms with van der Waals surface area (Å²) in [6.07, 6.45) is 0.538. The van der Waals surface area contributed by atoms with Crippen LogP contribution in [0, 0.1) is 0 Å². The molecule has 2 fully saturated rings. The molecule has 0 aromatic heterocycles. The number of fused-ring (bicyclic) bond motifs is 1. The normalized spacial score (nSPS) is 32.7. The third kappa shape index (κ3) is 2.18. The fourth-order valence-electron chi connectivity index (χ4n) is 2.21. The zero-order valence-corrected chi connectivity index (χ0v) is 9.37. The Morgan fingerprint density at radius 1 is 1.12 bits per heavy atom. The van der Waals surface area contributed by atoms with Crippen LogP contribution in [0.4, 0.5) is 0 Å². The van der Waals surface area contributed by atoms with Gasteiger partial charge >= 0.3 is 5.97 Å². The highest BCUT2D eigenvalue weighted by Gasteiger charge is 2.38. The quantitative estimate of drug-likeness (QED) is 0.695. The van der Waals surface area contributed by atoms with Crippen LogP contribution in [0.1, 0.15) is 24.7 Å². The Bertz CT molecular complexity index is 403. The number of rotatable bonds is 1. The van der Waals surface area contributed by atoms with E-state index in [1.54, 1.807) is 0 Å². The molecule has 17 heavy (non-hydrogen) atoms. The summed E-state index contributed by atoms with van der Waals surface area (Å²) < 4.78 is 16.6.